The highest BCUT2D eigenvalue weighted by Gasteiger charge is 2.32. The molecule has 1 aliphatic rings. The quantitative estimate of drug-likeness (QED) is 0.567. The van der Waals surface area contributed by atoms with Gasteiger partial charge in [-0.2, -0.15) is 5.10 Å². The fourth-order valence-electron chi connectivity index (χ4n) is 3.42. The molecule has 4 aromatic heterocycles. The zero-order chi connectivity index (χ0) is 18.7. The Kier molecular flexibility index (Phi) is 3.45. The van der Waals surface area contributed by atoms with Crippen molar-refractivity contribution in [2.24, 2.45) is 0 Å². The fraction of sp³-hybridized carbons (Fsp3) is 0.263. The third-order valence-corrected chi connectivity index (χ3v) is 5.99. The number of nitrogens with zero attached hydrogens (tertiary/aromatic N) is 4. The predicted molar refractivity (Wildman–Crippen MR) is 100 cm³/mol. The number of aryl methyl sites for hydroxylation is 2. The number of hydrogen-bond donors (Lipinski definition) is 1. The lowest BCUT2D eigenvalue weighted by Crippen LogP contribution is -1.97. The van der Waals surface area contributed by atoms with E-state index in [1.807, 2.05) is 32.2 Å². The Balaban J connectivity index is 1.66. The van der Waals surface area contributed by atoms with Crippen LogP contribution < -0.4 is 0 Å². The number of thiazole rings is 1. The monoisotopic (exact) mass is 380 g/mol. The zero-order valence-electron chi connectivity index (χ0n) is 14.8. The molecule has 4 heterocycles. The van der Waals surface area contributed by atoms with Gasteiger partial charge in [0.1, 0.15) is 15.6 Å². The van der Waals surface area contributed by atoms with Gasteiger partial charge in [0, 0.05) is 23.2 Å². The van der Waals surface area contributed by atoms with Crippen molar-refractivity contribution in [2.75, 3.05) is 0 Å². The summed E-state index contributed by atoms with van der Waals surface area (Å²) in [4.78, 5) is 16.6. The SMILES string of the molecule is Cc1noc(C)c1-c1cnn2ccc(-c3nc(C4CC4)c(C(=O)O)s3)cc12. The summed E-state index contributed by atoms with van der Waals surface area (Å²) in [5, 5.41) is 18.7. The summed E-state index contributed by atoms with van der Waals surface area (Å²) >= 11 is 1.24. The number of carboxylic acids is 1. The maximum absolute atomic E-state index is 11.6. The molecule has 0 aliphatic heterocycles. The van der Waals surface area contributed by atoms with Gasteiger partial charge in [-0.3, -0.25) is 0 Å². The molecule has 0 amide bonds. The van der Waals surface area contributed by atoms with E-state index < -0.39 is 5.97 Å². The average molecular weight is 380 g/mol. The highest BCUT2D eigenvalue weighted by Crippen LogP contribution is 2.44. The lowest BCUT2D eigenvalue weighted by molar-refractivity contribution is 0.0700. The third-order valence-electron chi connectivity index (χ3n) is 4.88. The van der Waals surface area contributed by atoms with Crippen LogP contribution in [-0.4, -0.2) is 30.8 Å². The summed E-state index contributed by atoms with van der Waals surface area (Å²) in [5.41, 5.74) is 5.20. The molecular formula is C19H16N4O3S. The second-order valence-corrected chi connectivity index (χ2v) is 7.81. The van der Waals surface area contributed by atoms with Crippen LogP contribution in [0.25, 0.3) is 27.2 Å². The molecule has 0 saturated heterocycles. The van der Waals surface area contributed by atoms with Crippen molar-refractivity contribution in [3.05, 3.63) is 46.6 Å². The Morgan fingerprint density at radius 3 is 2.85 bits per heavy atom. The van der Waals surface area contributed by atoms with Crippen LogP contribution in [0.2, 0.25) is 0 Å². The summed E-state index contributed by atoms with van der Waals surface area (Å²) in [6.07, 6.45) is 5.69. The first-order valence-electron chi connectivity index (χ1n) is 8.68. The summed E-state index contributed by atoms with van der Waals surface area (Å²) in [7, 11) is 0. The van der Waals surface area contributed by atoms with Crippen LogP contribution in [0.5, 0.6) is 0 Å². The van der Waals surface area contributed by atoms with Gasteiger partial charge in [0.05, 0.1) is 28.7 Å². The smallest absolute Gasteiger partial charge is 0.347 e. The largest absolute Gasteiger partial charge is 0.477 e. The number of rotatable bonds is 4. The van der Waals surface area contributed by atoms with Crippen LogP contribution in [0, 0.1) is 13.8 Å². The molecule has 1 aliphatic carbocycles. The van der Waals surface area contributed by atoms with Crippen molar-refractivity contribution >= 4 is 22.8 Å². The van der Waals surface area contributed by atoms with Gasteiger partial charge in [0.25, 0.3) is 0 Å². The first kappa shape index (κ1) is 16.2. The van der Waals surface area contributed by atoms with Crippen LogP contribution >= 0.6 is 11.3 Å². The summed E-state index contributed by atoms with van der Waals surface area (Å²) in [6, 6.07) is 3.91. The Bertz CT molecular complexity index is 1180. The molecule has 0 radical (unpaired) electrons. The molecule has 0 spiro atoms. The summed E-state index contributed by atoms with van der Waals surface area (Å²) in [6.45, 7) is 3.78. The van der Waals surface area contributed by atoms with E-state index >= 15 is 0 Å². The van der Waals surface area contributed by atoms with Crippen LogP contribution in [0.4, 0.5) is 0 Å². The Hall–Kier alpha value is -3.00. The van der Waals surface area contributed by atoms with Gasteiger partial charge in [-0.15, -0.1) is 11.3 Å². The van der Waals surface area contributed by atoms with Crippen LogP contribution in [0.3, 0.4) is 0 Å². The lowest BCUT2D eigenvalue weighted by Gasteiger charge is -2.01. The zero-order valence-corrected chi connectivity index (χ0v) is 15.6. The van der Waals surface area contributed by atoms with E-state index in [0.29, 0.717) is 4.88 Å². The van der Waals surface area contributed by atoms with Gasteiger partial charge in [-0.05, 0) is 38.8 Å². The van der Waals surface area contributed by atoms with E-state index in [1.165, 1.54) is 11.3 Å². The Labute approximate surface area is 158 Å². The molecular weight excluding hydrogens is 364 g/mol. The van der Waals surface area contributed by atoms with E-state index in [-0.39, 0.29) is 5.92 Å². The maximum atomic E-state index is 11.6. The molecule has 4 aromatic rings. The first-order chi connectivity index (χ1) is 13.0. The molecule has 1 fully saturated rings. The van der Waals surface area contributed by atoms with E-state index in [1.54, 1.807) is 10.7 Å². The highest BCUT2D eigenvalue weighted by atomic mass is 32.1. The van der Waals surface area contributed by atoms with E-state index in [2.05, 4.69) is 15.2 Å². The molecule has 27 heavy (non-hydrogen) atoms. The Morgan fingerprint density at radius 2 is 2.19 bits per heavy atom. The van der Waals surface area contributed by atoms with Crippen molar-refractivity contribution in [1.29, 1.82) is 0 Å². The number of carboxylic acid groups (broad SMARTS) is 1. The minimum atomic E-state index is -0.900. The average Bonchev–Trinajstić information content (AvgIpc) is 3.12. The number of fused-ring (bicyclic) bond motifs is 1. The van der Waals surface area contributed by atoms with Gasteiger partial charge in [0.2, 0.25) is 0 Å². The van der Waals surface area contributed by atoms with Crippen LogP contribution in [-0.2, 0) is 0 Å². The number of aromatic nitrogens is 4. The fourth-order valence-corrected chi connectivity index (χ4v) is 4.40. The van der Waals surface area contributed by atoms with Crippen molar-refractivity contribution < 1.29 is 14.4 Å². The molecule has 1 N–H and O–H groups in total. The van der Waals surface area contributed by atoms with Gasteiger partial charge in [-0.1, -0.05) is 5.16 Å². The van der Waals surface area contributed by atoms with Crippen LogP contribution in [0.15, 0.2) is 29.0 Å². The van der Waals surface area contributed by atoms with Crippen molar-refractivity contribution in [3.8, 4) is 21.7 Å². The van der Waals surface area contributed by atoms with Gasteiger partial charge in [0.15, 0.2) is 0 Å². The molecule has 7 nitrogen and oxygen atoms in total. The van der Waals surface area contributed by atoms with E-state index in [0.717, 1.165) is 57.2 Å². The van der Waals surface area contributed by atoms with Gasteiger partial charge >= 0.3 is 5.97 Å². The molecule has 1 saturated carbocycles. The molecule has 0 unspecified atom stereocenters. The third kappa shape index (κ3) is 2.56. The number of pyridine rings is 1. The van der Waals surface area contributed by atoms with Crippen molar-refractivity contribution in [1.82, 2.24) is 19.8 Å². The predicted octanol–water partition coefficient (Wildman–Crippen LogP) is 4.31. The molecule has 0 aromatic carbocycles. The second kappa shape index (κ2) is 5.75. The van der Waals surface area contributed by atoms with Gasteiger partial charge < -0.3 is 9.63 Å². The molecule has 136 valence electrons. The highest BCUT2D eigenvalue weighted by molar-refractivity contribution is 7.17. The molecule has 0 bridgehead atoms. The Morgan fingerprint density at radius 1 is 1.37 bits per heavy atom. The van der Waals surface area contributed by atoms with Crippen LogP contribution in [0.1, 0.15) is 45.6 Å². The molecule has 8 heteroatoms. The van der Waals surface area contributed by atoms with E-state index in [9.17, 15) is 9.90 Å². The topological polar surface area (TPSA) is 93.5 Å². The maximum Gasteiger partial charge on any atom is 0.347 e. The minimum Gasteiger partial charge on any atom is -0.477 e. The van der Waals surface area contributed by atoms with Gasteiger partial charge in [-0.25, -0.2) is 14.3 Å². The lowest BCUT2D eigenvalue weighted by atomic mass is 10.1. The van der Waals surface area contributed by atoms with Crippen molar-refractivity contribution in [3.63, 3.8) is 0 Å². The molecule has 5 rings (SSSR count). The van der Waals surface area contributed by atoms with Crippen molar-refractivity contribution in [2.45, 2.75) is 32.6 Å². The number of carbonyl (C=O) groups is 1. The second-order valence-electron chi connectivity index (χ2n) is 6.82. The molecule has 0 atom stereocenters. The minimum absolute atomic E-state index is 0.290. The first-order valence-corrected chi connectivity index (χ1v) is 9.49. The normalized spacial score (nSPS) is 14.1. The number of aromatic carboxylic acids is 1. The number of hydrogen-bond acceptors (Lipinski definition) is 6. The standard InChI is InChI=1S/C19H16N4O3S/c1-9-15(10(2)26-22-9)13-8-20-23-6-5-12(7-14(13)23)18-21-16(11-3-4-11)17(27-18)19(24)25/h5-8,11H,3-4H2,1-2H3,(H,24,25). The summed E-state index contributed by atoms with van der Waals surface area (Å²) < 4.78 is 7.09. The van der Waals surface area contributed by atoms with E-state index in [4.69, 9.17) is 4.52 Å². The summed E-state index contributed by atoms with van der Waals surface area (Å²) in [5.74, 6) is 0.131.